The summed E-state index contributed by atoms with van der Waals surface area (Å²) < 4.78 is 1.84. The van der Waals surface area contributed by atoms with Gasteiger partial charge in [0.25, 0.3) is 0 Å². The average Bonchev–Trinajstić information content (AvgIpc) is 3.01. The van der Waals surface area contributed by atoms with E-state index >= 15 is 0 Å². The first-order valence-corrected chi connectivity index (χ1v) is 9.91. The lowest BCUT2D eigenvalue weighted by molar-refractivity contribution is -0.113. The Morgan fingerprint density at radius 1 is 1.08 bits per heavy atom. The Kier molecular flexibility index (Phi) is 6.05. The summed E-state index contributed by atoms with van der Waals surface area (Å²) in [5.74, 6) is 0.237. The molecule has 0 atom stereocenters. The van der Waals surface area contributed by atoms with E-state index in [-0.39, 0.29) is 5.91 Å². The van der Waals surface area contributed by atoms with Gasteiger partial charge < -0.3 is 10.6 Å². The van der Waals surface area contributed by atoms with Crippen molar-refractivity contribution < 1.29 is 4.79 Å². The molecule has 24 heavy (non-hydrogen) atoms. The molecule has 3 aromatic rings. The Balaban J connectivity index is 1.51. The summed E-state index contributed by atoms with van der Waals surface area (Å²) in [6.45, 7) is 0. The number of carbonyl (C=O) groups is 1. The first-order chi connectivity index (χ1) is 11.7. The van der Waals surface area contributed by atoms with Gasteiger partial charge >= 0.3 is 0 Å². The largest absolute Gasteiger partial charge is 0.330 e. The summed E-state index contributed by atoms with van der Waals surface area (Å²) >= 11 is 5.02. The molecular formula is C16H13IN4OS2. The van der Waals surface area contributed by atoms with Gasteiger partial charge in [-0.3, -0.25) is 4.79 Å². The molecule has 0 saturated heterocycles. The zero-order valence-electron chi connectivity index (χ0n) is 12.4. The van der Waals surface area contributed by atoms with Gasteiger partial charge in [-0.15, -0.1) is 10.2 Å². The van der Waals surface area contributed by atoms with Gasteiger partial charge in [0.2, 0.25) is 11.0 Å². The van der Waals surface area contributed by atoms with Crippen molar-refractivity contribution in [2.75, 3.05) is 16.4 Å². The molecule has 0 aliphatic rings. The number of nitrogens with zero attached hydrogens (tertiary/aromatic N) is 2. The van der Waals surface area contributed by atoms with Crippen molar-refractivity contribution in [2.24, 2.45) is 0 Å². The summed E-state index contributed by atoms with van der Waals surface area (Å²) in [6.07, 6.45) is 0. The van der Waals surface area contributed by atoms with Crippen LogP contribution in [-0.2, 0) is 4.79 Å². The minimum atomic E-state index is -0.0604. The molecule has 5 nitrogen and oxygen atoms in total. The minimum absolute atomic E-state index is 0.0604. The molecule has 0 unspecified atom stereocenters. The number of hydrogen-bond acceptors (Lipinski definition) is 6. The van der Waals surface area contributed by atoms with Crippen molar-refractivity contribution in [3.63, 3.8) is 0 Å². The van der Waals surface area contributed by atoms with Crippen LogP contribution in [0.1, 0.15) is 0 Å². The molecule has 0 spiro atoms. The predicted octanol–water partition coefficient (Wildman–Crippen LogP) is 4.62. The third-order valence-corrected chi connectivity index (χ3v) is 5.51. The maximum absolute atomic E-state index is 12.0. The van der Waals surface area contributed by atoms with Crippen molar-refractivity contribution in [2.45, 2.75) is 4.34 Å². The third kappa shape index (κ3) is 5.18. The molecule has 1 aromatic heterocycles. The SMILES string of the molecule is O=C(CSc1nnc(Nc2ccccc2)s1)Nc1cccc(I)c1. The second-order valence-corrected chi connectivity index (χ2v) is 8.16. The number of aromatic nitrogens is 2. The van der Waals surface area contributed by atoms with Gasteiger partial charge in [-0.1, -0.05) is 47.4 Å². The second-order valence-electron chi connectivity index (χ2n) is 4.71. The average molecular weight is 468 g/mol. The summed E-state index contributed by atoms with van der Waals surface area (Å²) in [5, 5.41) is 15.0. The van der Waals surface area contributed by atoms with Gasteiger partial charge in [0, 0.05) is 14.9 Å². The Hall–Kier alpha value is -1.65. The molecule has 3 rings (SSSR count). The summed E-state index contributed by atoms with van der Waals surface area (Å²) in [6, 6.07) is 17.5. The van der Waals surface area contributed by atoms with E-state index in [1.165, 1.54) is 23.1 Å². The van der Waals surface area contributed by atoms with E-state index in [1.54, 1.807) is 0 Å². The number of hydrogen-bond donors (Lipinski definition) is 2. The van der Waals surface area contributed by atoms with E-state index in [0.29, 0.717) is 10.9 Å². The van der Waals surface area contributed by atoms with Crippen molar-refractivity contribution in [1.82, 2.24) is 10.2 Å². The molecule has 0 saturated carbocycles. The van der Waals surface area contributed by atoms with Crippen LogP contribution < -0.4 is 10.6 Å². The fourth-order valence-electron chi connectivity index (χ4n) is 1.85. The fourth-order valence-corrected chi connectivity index (χ4v) is 3.97. The zero-order chi connectivity index (χ0) is 16.8. The van der Waals surface area contributed by atoms with Crippen LogP contribution in [0, 0.1) is 3.57 Å². The minimum Gasteiger partial charge on any atom is -0.330 e. The number of carbonyl (C=O) groups excluding carboxylic acids is 1. The highest BCUT2D eigenvalue weighted by Crippen LogP contribution is 2.27. The van der Waals surface area contributed by atoms with Gasteiger partial charge in [0.1, 0.15) is 0 Å². The summed E-state index contributed by atoms with van der Waals surface area (Å²) in [4.78, 5) is 12.0. The van der Waals surface area contributed by atoms with Gasteiger partial charge in [0.05, 0.1) is 5.75 Å². The molecule has 1 amide bonds. The lowest BCUT2D eigenvalue weighted by Gasteiger charge is -2.04. The normalized spacial score (nSPS) is 10.4. The van der Waals surface area contributed by atoms with Crippen LogP contribution in [0.3, 0.4) is 0 Å². The highest BCUT2D eigenvalue weighted by Gasteiger charge is 2.09. The first-order valence-electron chi connectivity index (χ1n) is 7.03. The number of thioether (sulfide) groups is 1. The van der Waals surface area contributed by atoms with Crippen molar-refractivity contribution in [3.05, 3.63) is 58.2 Å². The highest BCUT2D eigenvalue weighted by atomic mass is 127. The van der Waals surface area contributed by atoms with E-state index in [0.717, 1.165) is 19.3 Å². The van der Waals surface area contributed by atoms with Crippen molar-refractivity contribution >= 4 is 68.1 Å². The lowest BCUT2D eigenvalue weighted by Crippen LogP contribution is -2.13. The maximum Gasteiger partial charge on any atom is 0.234 e. The van der Waals surface area contributed by atoms with Gasteiger partial charge in [0.15, 0.2) is 4.34 Å². The van der Waals surface area contributed by atoms with E-state index in [2.05, 4.69) is 43.4 Å². The topological polar surface area (TPSA) is 66.9 Å². The number of amides is 1. The first kappa shape index (κ1) is 17.2. The standard InChI is InChI=1S/C16H13IN4OS2/c17-11-5-4-8-13(9-11)18-14(22)10-23-16-21-20-15(24-16)19-12-6-2-1-3-7-12/h1-9H,10H2,(H,18,22)(H,19,20). The van der Waals surface area contributed by atoms with Crippen LogP contribution >= 0.6 is 45.7 Å². The summed E-state index contributed by atoms with van der Waals surface area (Å²) in [5.41, 5.74) is 1.76. The highest BCUT2D eigenvalue weighted by molar-refractivity contribution is 14.1. The van der Waals surface area contributed by atoms with Gasteiger partial charge in [-0.2, -0.15) is 0 Å². The number of nitrogens with one attached hydrogen (secondary N) is 2. The maximum atomic E-state index is 12.0. The van der Waals surface area contributed by atoms with Crippen LogP contribution in [0.2, 0.25) is 0 Å². The molecule has 1 heterocycles. The lowest BCUT2D eigenvalue weighted by atomic mass is 10.3. The molecule has 0 radical (unpaired) electrons. The van der Waals surface area contributed by atoms with E-state index in [1.807, 2.05) is 54.6 Å². The predicted molar refractivity (Wildman–Crippen MR) is 108 cm³/mol. The van der Waals surface area contributed by atoms with Crippen LogP contribution in [0.25, 0.3) is 0 Å². The van der Waals surface area contributed by atoms with E-state index < -0.39 is 0 Å². The molecule has 122 valence electrons. The monoisotopic (exact) mass is 468 g/mol. The molecule has 2 aromatic carbocycles. The Morgan fingerprint density at radius 2 is 1.88 bits per heavy atom. The molecular weight excluding hydrogens is 455 g/mol. The van der Waals surface area contributed by atoms with Crippen LogP contribution in [-0.4, -0.2) is 21.9 Å². The summed E-state index contributed by atoms with van der Waals surface area (Å²) in [7, 11) is 0. The van der Waals surface area contributed by atoms with E-state index in [4.69, 9.17) is 0 Å². The molecule has 2 N–H and O–H groups in total. The number of anilines is 3. The number of rotatable bonds is 6. The number of halogens is 1. The number of para-hydroxylation sites is 1. The quantitative estimate of drug-likeness (QED) is 0.409. The Labute approximate surface area is 161 Å². The molecule has 0 aliphatic carbocycles. The van der Waals surface area contributed by atoms with Crippen LogP contribution in [0.4, 0.5) is 16.5 Å². The smallest absolute Gasteiger partial charge is 0.234 e. The Bertz CT molecular complexity index is 826. The zero-order valence-corrected chi connectivity index (χ0v) is 16.2. The van der Waals surface area contributed by atoms with Crippen LogP contribution in [0.5, 0.6) is 0 Å². The fraction of sp³-hybridized carbons (Fsp3) is 0.0625. The van der Waals surface area contributed by atoms with Crippen molar-refractivity contribution in [3.8, 4) is 0 Å². The molecule has 8 heteroatoms. The second kappa shape index (κ2) is 8.45. The number of benzene rings is 2. The van der Waals surface area contributed by atoms with Gasteiger partial charge in [-0.25, -0.2) is 0 Å². The van der Waals surface area contributed by atoms with Gasteiger partial charge in [-0.05, 0) is 52.9 Å². The Morgan fingerprint density at radius 3 is 2.67 bits per heavy atom. The van der Waals surface area contributed by atoms with E-state index in [9.17, 15) is 4.79 Å². The molecule has 0 bridgehead atoms. The van der Waals surface area contributed by atoms with Crippen LogP contribution in [0.15, 0.2) is 58.9 Å². The third-order valence-electron chi connectivity index (χ3n) is 2.87. The molecule has 0 fully saturated rings. The van der Waals surface area contributed by atoms with Crippen molar-refractivity contribution in [1.29, 1.82) is 0 Å². The molecule has 0 aliphatic heterocycles.